The molecule has 13 heavy (non-hydrogen) atoms. The average molecular weight is 178 g/mol. The van der Waals surface area contributed by atoms with Crippen LogP contribution in [0.4, 0.5) is 0 Å². The van der Waals surface area contributed by atoms with Crippen LogP contribution in [0.5, 0.6) is 5.75 Å². The van der Waals surface area contributed by atoms with E-state index in [-0.39, 0.29) is 0 Å². The van der Waals surface area contributed by atoms with Crippen LogP contribution in [0.1, 0.15) is 13.3 Å². The predicted octanol–water partition coefficient (Wildman–Crippen LogP) is 3.78. The maximum Gasteiger partial charge on any atom is 0.115 e. The summed E-state index contributed by atoms with van der Waals surface area (Å²) in [5.41, 5.74) is 0. The van der Waals surface area contributed by atoms with Crippen LogP contribution < -0.4 is 0 Å². The summed E-state index contributed by atoms with van der Waals surface area (Å²) >= 11 is 0. The van der Waals surface area contributed by atoms with E-state index < -0.39 is 0 Å². The third-order valence-corrected chi connectivity index (χ3v) is 1.04. The summed E-state index contributed by atoms with van der Waals surface area (Å²) in [7, 11) is 0. The fourth-order valence-corrected chi connectivity index (χ4v) is 0.428. The third-order valence-electron chi connectivity index (χ3n) is 1.04. The van der Waals surface area contributed by atoms with Crippen LogP contribution in [-0.2, 0) is 0 Å². The van der Waals surface area contributed by atoms with Gasteiger partial charge in [-0.1, -0.05) is 31.2 Å². The molecular formula is C12H18O. The number of rotatable bonds is 1. The van der Waals surface area contributed by atoms with Crippen LogP contribution >= 0.6 is 0 Å². The van der Waals surface area contributed by atoms with Gasteiger partial charge in [0.1, 0.15) is 5.75 Å². The first-order valence-electron chi connectivity index (χ1n) is 4.16. The second-order valence-electron chi connectivity index (χ2n) is 2.03. The van der Waals surface area contributed by atoms with Gasteiger partial charge in [-0.15, -0.1) is 19.7 Å². The van der Waals surface area contributed by atoms with E-state index in [0.717, 1.165) is 6.42 Å². The van der Waals surface area contributed by atoms with Crippen molar-refractivity contribution < 1.29 is 5.11 Å². The van der Waals surface area contributed by atoms with Crippen LogP contribution in [0.15, 0.2) is 56.1 Å². The molecule has 0 unspecified atom stereocenters. The van der Waals surface area contributed by atoms with Gasteiger partial charge < -0.3 is 5.11 Å². The van der Waals surface area contributed by atoms with Gasteiger partial charge in [0.2, 0.25) is 0 Å². The van der Waals surface area contributed by atoms with Crippen LogP contribution in [0.25, 0.3) is 0 Å². The number of benzene rings is 1. The number of phenols is 1. The highest BCUT2D eigenvalue weighted by Gasteiger charge is 1.74. The molecule has 0 atom stereocenters. The summed E-state index contributed by atoms with van der Waals surface area (Å²) in [5, 5.41) is 8.63. The minimum atomic E-state index is 0.322. The van der Waals surface area contributed by atoms with Crippen molar-refractivity contribution in [1.29, 1.82) is 0 Å². The molecule has 1 heteroatoms. The van der Waals surface area contributed by atoms with Gasteiger partial charge in [0.15, 0.2) is 0 Å². The van der Waals surface area contributed by atoms with E-state index in [1.807, 2.05) is 12.1 Å². The molecule has 0 bridgehead atoms. The molecule has 0 aromatic heterocycles. The second kappa shape index (κ2) is 13.1. The largest absolute Gasteiger partial charge is 0.508 e. The highest BCUT2D eigenvalue weighted by molar-refractivity contribution is 5.18. The Labute approximate surface area is 81.0 Å². The number of para-hydroxylation sites is 1. The molecule has 1 nitrogen and oxygen atoms in total. The van der Waals surface area contributed by atoms with Crippen LogP contribution in [0.2, 0.25) is 0 Å². The molecule has 0 fully saturated rings. The van der Waals surface area contributed by atoms with Crippen molar-refractivity contribution in [2.24, 2.45) is 0 Å². The van der Waals surface area contributed by atoms with Crippen molar-refractivity contribution >= 4 is 0 Å². The Hall–Kier alpha value is -1.50. The van der Waals surface area contributed by atoms with E-state index in [0.29, 0.717) is 5.75 Å². The van der Waals surface area contributed by atoms with E-state index in [9.17, 15) is 0 Å². The Balaban J connectivity index is 0. The predicted molar refractivity (Wildman–Crippen MR) is 59.8 cm³/mol. The zero-order valence-corrected chi connectivity index (χ0v) is 8.24. The van der Waals surface area contributed by atoms with Gasteiger partial charge in [-0.2, -0.15) is 0 Å². The summed E-state index contributed by atoms with van der Waals surface area (Å²) in [6.45, 7) is 11.5. The highest BCUT2D eigenvalue weighted by Crippen LogP contribution is 2.02. The standard InChI is InChI=1S/C6H6O.C4H8.C2H4/c7-6-4-2-1-3-5-6;1-3-4-2;1-2/h1-5,7H;3H,1,4H2,2H3;1-2H2. The van der Waals surface area contributed by atoms with E-state index in [1.165, 1.54) is 0 Å². The first-order chi connectivity index (χ1) is 6.31. The van der Waals surface area contributed by atoms with E-state index >= 15 is 0 Å². The minimum Gasteiger partial charge on any atom is -0.508 e. The maximum atomic E-state index is 8.63. The summed E-state index contributed by atoms with van der Waals surface area (Å²) < 4.78 is 0. The average Bonchev–Trinajstić information content (AvgIpc) is 2.22. The lowest BCUT2D eigenvalue weighted by molar-refractivity contribution is 0.475. The Morgan fingerprint density at radius 1 is 1.23 bits per heavy atom. The second-order valence-corrected chi connectivity index (χ2v) is 2.03. The van der Waals surface area contributed by atoms with Crippen molar-refractivity contribution in [3.05, 3.63) is 56.1 Å². The molecular weight excluding hydrogens is 160 g/mol. The zero-order chi connectivity index (χ0) is 10.5. The number of phenolic OH excluding ortho intramolecular Hbond substituents is 1. The molecule has 1 aromatic rings. The van der Waals surface area contributed by atoms with Gasteiger partial charge in [0, 0.05) is 0 Å². The lowest BCUT2D eigenvalue weighted by Crippen LogP contribution is -1.56. The molecule has 0 radical (unpaired) electrons. The van der Waals surface area contributed by atoms with Gasteiger partial charge in [-0.05, 0) is 18.6 Å². The Kier molecular flexibility index (Phi) is 14.2. The van der Waals surface area contributed by atoms with Crippen molar-refractivity contribution in [2.75, 3.05) is 0 Å². The summed E-state index contributed by atoms with van der Waals surface area (Å²) in [5.74, 6) is 0.322. The van der Waals surface area contributed by atoms with Crippen LogP contribution in [0, 0.1) is 0 Å². The topological polar surface area (TPSA) is 20.2 Å². The third kappa shape index (κ3) is 13.5. The Morgan fingerprint density at radius 2 is 1.62 bits per heavy atom. The van der Waals surface area contributed by atoms with Crippen molar-refractivity contribution in [3.8, 4) is 5.75 Å². The molecule has 1 rings (SSSR count). The van der Waals surface area contributed by atoms with E-state index in [1.54, 1.807) is 24.3 Å². The molecule has 0 amide bonds. The Morgan fingerprint density at radius 3 is 1.77 bits per heavy atom. The number of aromatic hydroxyl groups is 1. The lowest BCUT2D eigenvalue weighted by atomic mass is 10.3. The van der Waals surface area contributed by atoms with Crippen molar-refractivity contribution in [2.45, 2.75) is 13.3 Å². The molecule has 0 saturated carbocycles. The van der Waals surface area contributed by atoms with Gasteiger partial charge >= 0.3 is 0 Å². The van der Waals surface area contributed by atoms with Gasteiger partial charge in [-0.25, -0.2) is 0 Å². The smallest absolute Gasteiger partial charge is 0.115 e. The fourth-order valence-electron chi connectivity index (χ4n) is 0.428. The van der Waals surface area contributed by atoms with Crippen LogP contribution in [-0.4, -0.2) is 5.11 Å². The number of hydrogen-bond donors (Lipinski definition) is 1. The van der Waals surface area contributed by atoms with Gasteiger partial charge in [0.05, 0.1) is 0 Å². The SMILES string of the molecule is C=C.C=CCC.Oc1ccccc1. The van der Waals surface area contributed by atoms with E-state index in [2.05, 4.69) is 26.7 Å². The van der Waals surface area contributed by atoms with E-state index in [4.69, 9.17) is 5.11 Å². The lowest BCUT2D eigenvalue weighted by Gasteiger charge is -1.82. The first kappa shape index (κ1) is 14.0. The number of hydrogen-bond acceptors (Lipinski definition) is 1. The van der Waals surface area contributed by atoms with Crippen molar-refractivity contribution in [1.82, 2.24) is 0 Å². The summed E-state index contributed by atoms with van der Waals surface area (Å²) in [6.07, 6.45) is 2.96. The van der Waals surface area contributed by atoms with Crippen LogP contribution in [0.3, 0.4) is 0 Å². The highest BCUT2D eigenvalue weighted by atomic mass is 16.3. The monoisotopic (exact) mass is 178 g/mol. The zero-order valence-electron chi connectivity index (χ0n) is 8.24. The summed E-state index contributed by atoms with van der Waals surface area (Å²) in [6, 6.07) is 8.71. The molecule has 0 spiro atoms. The molecule has 72 valence electrons. The Bertz CT molecular complexity index is 192. The molecule has 0 saturated heterocycles. The quantitative estimate of drug-likeness (QED) is 0.649. The fraction of sp³-hybridized carbons (Fsp3) is 0.167. The molecule has 0 aliphatic rings. The normalized spacial score (nSPS) is 6.85. The molecule has 0 heterocycles. The number of allylic oxidation sites excluding steroid dienone is 1. The first-order valence-corrected chi connectivity index (χ1v) is 4.16. The van der Waals surface area contributed by atoms with Gasteiger partial charge in [-0.3, -0.25) is 0 Å². The molecule has 0 aliphatic carbocycles. The maximum absolute atomic E-state index is 8.63. The summed E-state index contributed by atoms with van der Waals surface area (Å²) in [4.78, 5) is 0. The molecule has 0 aliphatic heterocycles. The minimum absolute atomic E-state index is 0.322. The van der Waals surface area contributed by atoms with Crippen molar-refractivity contribution in [3.63, 3.8) is 0 Å². The van der Waals surface area contributed by atoms with Gasteiger partial charge in [0.25, 0.3) is 0 Å². The molecule has 1 aromatic carbocycles. The molecule has 1 N–H and O–H groups in total.